The number of aryl methyl sites for hydroxylation is 1. The zero-order valence-corrected chi connectivity index (χ0v) is 15.5. The zero-order chi connectivity index (χ0) is 19.5. The van der Waals surface area contributed by atoms with Crippen LogP contribution in [0.4, 0.5) is 5.13 Å². The first-order chi connectivity index (χ1) is 13.7. The summed E-state index contributed by atoms with van der Waals surface area (Å²) >= 11 is 1.10. The predicted octanol–water partition coefficient (Wildman–Crippen LogP) is 3.22. The van der Waals surface area contributed by atoms with E-state index in [2.05, 4.69) is 31.3 Å². The summed E-state index contributed by atoms with van der Waals surface area (Å²) in [5.74, 6) is -0.378. The van der Waals surface area contributed by atoms with Crippen LogP contribution in [0.2, 0.25) is 0 Å². The molecular formula is C19H13N7OS. The topological polar surface area (TPSA) is 109 Å². The maximum Gasteiger partial charge on any atom is 0.276 e. The Bertz CT molecular complexity index is 1190. The lowest BCUT2D eigenvalue weighted by molar-refractivity contribution is 0.102. The first-order valence-electron chi connectivity index (χ1n) is 8.25. The minimum Gasteiger partial charge on any atom is -0.296 e. The standard InChI is InChI=1S/C19H13N7OS/c1-12-3-2-4-14(23-12)17-16(9-20)28-19(24-17)25-18(27)15-10-22-11-26(15)13-5-7-21-8-6-13/h2-8,10-11H,1H3,(H,24,25,27). The minimum atomic E-state index is -0.378. The number of aromatic nitrogens is 5. The van der Waals surface area contributed by atoms with Crippen LogP contribution in [0.5, 0.6) is 0 Å². The van der Waals surface area contributed by atoms with Crippen LogP contribution in [0.1, 0.15) is 21.1 Å². The second-order valence-corrected chi connectivity index (χ2v) is 6.78. The number of anilines is 1. The SMILES string of the molecule is Cc1cccc(-c2nc(NC(=O)c3cncn3-c3ccncc3)sc2C#N)n1. The van der Waals surface area contributed by atoms with E-state index in [1.807, 2.05) is 19.1 Å². The Balaban J connectivity index is 1.64. The van der Waals surface area contributed by atoms with Crippen LogP contribution in [-0.2, 0) is 0 Å². The van der Waals surface area contributed by atoms with E-state index in [9.17, 15) is 10.1 Å². The van der Waals surface area contributed by atoms with Gasteiger partial charge in [0.05, 0.1) is 23.9 Å². The summed E-state index contributed by atoms with van der Waals surface area (Å²) < 4.78 is 1.65. The number of rotatable bonds is 4. The van der Waals surface area contributed by atoms with Crippen molar-refractivity contribution < 1.29 is 4.79 Å². The molecule has 136 valence electrons. The maximum atomic E-state index is 12.7. The Labute approximate surface area is 164 Å². The van der Waals surface area contributed by atoms with Crippen LogP contribution in [0.15, 0.2) is 55.2 Å². The van der Waals surface area contributed by atoms with Crippen molar-refractivity contribution in [3.63, 3.8) is 0 Å². The first kappa shape index (κ1) is 17.5. The Kier molecular flexibility index (Phi) is 4.62. The van der Waals surface area contributed by atoms with E-state index in [0.717, 1.165) is 22.7 Å². The molecule has 4 rings (SSSR count). The van der Waals surface area contributed by atoms with Gasteiger partial charge < -0.3 is 0 Å². The number of pyridine rings is 2. The Morgan fingerprint density at radius 1 is 1.18 bits per heavy atom. The van der Waals surface area contributed by atoms with Crippen molar-refractivity contribution in [2.45, 2.75) is 6.92 Å². The molecule has 0 atom stereocenters. The van der Waals surface area contributed by atoms with E-state index >= 15 is 0 Å². The van der Waals surface area contributed by atoms with Crippen molar-refractivity contribution >= 4 is 22.4 Å². The minimum absolute atomic E-state index is 0.322. The number of nitrogens with one attached hydrogen (secondary N) is 1. The molecule has 0 saturated carbocycles. The second kappa shape index (κ2) is 7.38. The fraction of sp³-hybridized carbons (Fsp3) is 0.0526. The largest absolute Gasteiger partial charge is 0.296 e. The van der Waals surface area contributed by atoms with Gasteiger partial charge >= 0.3 is 0 Å². The van der Waals surface area contributed by atoms with E-state index in [1.165, 1.54) is 6.20 Å². The molecule has 28 heavy (non-hydrogen) atoms. The van der Waals surface area contributed by atoms with Crippen molar-refractivity contribution in [1.82, 2.24) is 24.5 Å². The van der Waals surface area contributed by atoms with Crippen LogP contribution < -0.4 is 5.32 Å². The molecule has 0 aliphatic rings. The van der Waals surface area contributed by atoms with Crippen LogP contribution in [0.25, 0.3) is 17.1 Å². The summed E-state index contributed by atoms with van der Waals surface area (Å²) in [6.45, 7) is 1.87. The molecule has 9 heteroatoms. The Hall–Kier alpha value is -3.90. The molecule has 0 aliphatic heterocycles. The van der Waals surface area contributed by atoms with Gasteiger partial charge in [-0.05, 0) is 31.2 Å². The van der Waals surface area contributed by atoms with Crippen LogP contribution in [0, 0.1) is 18.3 Å². The van der Waals surface area contributed by atoms with Crippen molar-refractivity contribution in [1.29, 1.82) is 5.26 Å². The van der Waals surface area contributed by atoms with Gasteiger partial charge in [0.2, 0.25) is 0 Å². The number of carbonyl (C=O) groups excluding carboxylic acids is 1. The van der Waals surface area contributed by atoms with Crippen LogP contribution in [-0.4, -0.2) is 30.4 Å². The highest BCUT2D eigenvalue weighted by atomic mass is 32.1. The third kappa shape index (κ3) is 3.36. The van der Waals surface area contributed by atoms with Gasteiger partial charge in [-0.1, -0.05) is 17.4 Å². The number of hydrogen-bond acceptors (Lipinski definition) is 7. The van der Waals surface area contributed by atoms with Gasteiger partial charge in [0.1, 0.15) is 22.3 Å². The fourth-order valence-electron chi connectivity index (χ4n) is 2.63. The summed E-state index contributed by atoms with van der Waals surface area (Å²) in [5, 5.41) is 12.5. The molecule has 0 radical (unpaired) electrons. The number of carbonyl (C=O) groups is 1. The Morgan fingerprint density at radius 2 is 2.00 bits per heavy atom. The molecule has 0 aliphatic carbocycles. The highest BCUT2D eigenvalue weighted by Crippen LogP contribution is 2.30. The van der Waals surface area contributed by atoms with E-state index in [1.54, 1.807) is 41.5 Å². The van der Waals surface area contributed by atoms with Gasteiger partial charge in [-0.15, -0.1) is 0 Å². The number of hydrogen-bond donors (Lipinski definition) is 1. The summed E-state index contributed by atoms with van der Waals surface area (Å²) in [6, 6.07) is 11.2. The van der Waals surface area contributed by atoms with Crippen molar-refractivity contribution in [2.75, 3.05) is 5.32 Å². The molecule has 4 heterocycles. The number of thiazole rings is 1. The number of imidazole rings is 1. The molecule has 4 aromatic rings. The third-order valence-electron chi connectivity index (χ3n) is 3.89. The van der Waals surface area contributed by atoms with E-state index in [0.29, 0.717) is 27.1 Å². The van der Waals surface area contributed by atoms with Gasteiger partial charge in [0.25, 0.3) is 5.91 Å². The van der Waals surface area contributed by atoms with E-state index < -0.39 is 0 Å². The van der Waals surface area contributed by atoms with Gasteiger partial charge in [-0.3, -0.25) is 24.6 Å². The predicted molar refractivity (Wildman–Crippen MR) is 104 cm³/mol. The normalized spacial score (nSPS) is 10.4. The lowest BCUT2D eigenvalue weighted by Crippen LogP contribution is -2.16. The summed E-state index contributed by atoms with van der Waals surface area (Å²) in [4.78, 5) is 30.0. The smallest absolute Gasteiger partial charge is 0.276 e. The zero-order valence-electron chi connectivity index (χ0n) is 14.7. The monoisotopic (exact) mass is 387 g/mol. The van der Waals surface area contributed by atoms with Gasteiger partial charge in [-0.25, -0.2) is 9.97 Å². The summed E-state index contributed by atoms with van der Waals surface area (Å²) in [7, 11) is 0. The molecule has 0 unspecified atom stereocenters. The van der Waals surface area contributed by atoms with Gasteiger partial charge in [0, 0.05) is 18.1 Å². The molecule has 0 bridgehead atoms. The van der Waals surface area contributed by atoms with E-state index in [-0.39, 0.29) is 5.91 Å². The molecule has 0 saturated heterocycles. The average molecular weight is 387 g/mol. The highest BCUT2D eigenvalue weighted by molar-refractivity contribution is 7.16. The molecule has 4 aromatic heterocycles. The summed E-state index contributed by atoms with van der Waals surface area (Å²) in [5.41, 5.74) is 2.97. The molecule has 0 spiro atoms. The molecule has 0 aromatic carbocycles. The lowest BCUT2D eigenvalue weighted by Gasteiger charge is -2.07. The first-order valence-corrected chi connectivity index (χ1v) is 9.06. The van der Waals surface area contributed by atoms with Crippen molar-refractivity contribution in [2.24, 2.45) is 0 Å². The molecule has 1 N–H and O–H groups in total. The van der Waals surface area contributed by atoms with Crippen LogP contribution >= 0.6 is 11.3 Å². The molecular weight excluding hydrogens is 374 g/mol. The lowest BCUT2D eigenvalue weighted by atomic mass is 10.2. The van der Waals surface area contributed by atoms with Crippen LogP contribution in [0.3, 0.4) is 0 Å². The summed E-state index contributed by atoms with van der Waals surface area (Å²) in [6.07, 6.45) is 6.29. The average Bonchev–Trinajstić information content (AvgIpc) is 3.35. The highest BCUT2D eigenvalue weighted by Gasteiger charge is 2.18. The number of amides is 1. The van der Waals surface area contributed by atoms with Crippen molar-refractivity contribution in [3.05, 3.63) is 71.5 Å². The van der Waals surface area contributed by atoms with Crippen molar-refractivity contribution in [3.8, 4) is 23.1 Å². The van der Waals surface area contributed by atoms with E-state index in [4.69, 9.17) is 0 Å². The van der Waals surface area contributed by atoms with Gasteiger partial charge in [-0.2, -0.15) is 5.26 Å². The molecule has 1 amide bonds. The number of nitrogens with zero attached hydrogens (tertiary/aromatic N) is 6. The quantitative estimate of drug-likeness (QED) is 0.576. The molecule has 0 fully saturated rings. The maximum absolute atomic E-state index is 12.7. The number of nitriles is 1. The Morgan fingerprint density at radius 3 is 2.75 bits per heavy atom. The third-order valence-corrected chi connectivity index (χ3v) is 4.77. The fourth-order valence-corrected chi connectivity index (χ4v) is 3.40. The molecule has 8 nitrogen and oxygen atoms in total. The second-order valence-electron chi connectivity index (χ2n) is 5.78. The van der Waals surface area contributed by atoms with Gasteiger partial charge in [0.15, 0.2) is 5.13 Å².